The molecule has 4 nitrogen and oxygen atoms in total. The zero-order valence-corrected chi connectivity index (χ0v) is 14.3. The van der Waals surface area contributed by atoms with Crippen molar-refractivity contribution in [3.63, 3.8) is 0 Å². The van der Waals surface area contributed by atoms with Gasteiger partial charge in [-0.15, -0.1) is 5.10 Å². The minimum absolute atomic E-state index is 0.202. The van der Waals surface area contributed by atoms with Crippen molar-refractivity contribution >= 4 is 31.9 Å². The minimum atomic E-state index is 0.202. The SMILES string of the molecule is CCNC(C)c1nnn(-c2ccc(Br)cc2Br)c1C. The van der Waals surface area contributed by atoms with Crippen molar-refractivity contribution in [2.24, 2.45) is 0 Å². The van der Waals surface area contributed by atoms with E-state index in [4.69, 9.17) is 0 Å². The molecule has 0 saturated heterocycles. The summed E-state index contributed by atoms with van der Waals surface area (Å²) in [6.07, 6.45) is 0. The quantitative estimate of drug-likeness (QED) is 0.868. The summed E-state index contributed by atoms with van der Waals surface area (Å²) in [7, 11) is 0. The molecule has 0 aliphatic rings. The van der Waals surface area contributed by atoms with Gasteiger partial charge in [0.2, 0.25) is 0 Å². The summed E-state index contributed by atoms with van der Waals surface area (Å²) in [6.45, 7) is 7.14. The molecular weight excluding hydrogens is 372 g/mol. The molecule has 2 aromatic rings. The van der Waals surface area contributed by atoms with E-state index in [1.54, 1.807) is 0 Å². The Morgan fingerprint density at radius 2 is 2.11 bits per heavy atom. The van der Waals surface area contributed by atoms with Crippen LogP contribution in [0.4, 0.5) is 0 Å². The van der Waals surface area contributed by atoms with Gasteiger partial charge in [0.15, 0.2) is 0 Å². The lowest BCUT2D eigenvalue weighted by Crippen LogP contribution is -2.19. The largest absolute Gasteiger partial charge is 0.309 e. The predicted molar refractivity (Wildman–Crippen MR) is 83.6 cm³/mol. The summed E-state index contributed by atoms with van der Waals surface area (Å²) >= 11 is 7.01. The fourth-order valence-corrected chi connectivity index (χ4v) is 3.24. The first kappa shape index (κ1) is 14.7. The van der Waals surface area contributed by atoms with E-state index in [2.05, 4.69) is 61.3 Å². The molecule has 1 unspecified atom stereocenters. The van der Waals surface area contributed by atoms with Crippen LogP contribution in [0.15, 0.2) is 27.1 Å². The van der Waals surface area contributed by atoms with E-state index < -0.39 is 0 Å². The number of nitrogens with zero attached hydrogens (tertiary/aromatic N) is 3. The molecule has 1 aromatic carbocycles. The molecule has 0 fully saturated rings. The van der Waals surface area contributed by atoms with E-state index in [-0.39, 0.29) is 6.04 Å². The second-order valence-electron chi connectivity index (χ2n) is 4.35. The van der Waals surface area contributed by atoms with Crippen molar-refractivity contribution in [2.75, 3.05) is 6.54 Å². The number of halogens is 2. The highest BCUT2D eigenvalue weighted by Crippen LogP contribution is 2.26. The lowest BCUT2D eigenvalue weighted by molar-refractivity contribution is 0.579. The number of hydrogen-bond acceptors (Lipinski definition) is 3. The van der Waals surface area contributed by atoms with Gasteiger partial charge < -0.3 is 5.32 Å². The molecule has 1 atom stereocenters. The van der Waals surface area contributed by atoms with Crippen molar-refractivity contribution in [1.29, 1.82) is 0 Å². The Morgan fingerprint density at radius 1 is 1.37 bits per heavy atom. The maximum absolute atomic E-state index is 4.29. The number of aromatic nitrogens is 3. The number of nitrogens with one attached hydrogen (secondary N) is 1. The average molecular weight is 388 g/mol. The molecule has 0 saturated carbocycles. The number of benzene rings is 1. The fourth-order valence-electron chi connectivity index (χ4n) is 2.03. The predicted octanol–water partition coefficient (Wildman–Crippen LogP) is 3.77. The number of rotatable bonds is 4. The normalized spacial score (nSPS) is 12.7. The molecule has 0 aliphatic carbocycles. The topological polar surface area (TPSA) is 42.7 Å². The molecule has 0 aliphatic heterocycles. The van der Waals surface area contributed by atoms with Crippen LogP contribution in [0.2, 0.25) is 0 Å². The Balaban J connectivity index is 2.41. The highest BCUT2D eigenvalue weighted by molar-refractivity contribution is 9.11. The van der Waals surface area contributed by atoms with E-state index in [9.17, 15) is 0 Å². The molecule has 0 spiro atoms. The number of hydrogen-bond donors (Lipinski definition) is 1. The zero-order chi connectivity index (χ0) is 14.0. The van der Waals surface area contributed by atoms with Gasteiger partial charge in [-0.25, -0.2) is 4.68 Å². The summed E-state index contributed by atoms with van der Waals surface area (Å²) < 4.78 is 3.87. The van der Waals surface area contributed by atoms with Crippen molar-refractivity contribution in [1.82, 2.24) is 20.3 Å². The summed E-state index contributed by atoms with van der Waals surface area (Å²) in [4.78, 5) is 0. The van der Waals surface area contributed by atoms with Crippen LogP contribution in [0.5, 0.6) is 0 Å². The Labute approximate surface area is 129 Å². The third-order valence-electron chi connectivity index (χ3n) is 2.99. The monoisotopic (exact) mass is 386 g/mol. The van der Waals surface area contributed by atoms with Gasteiger partial charge in [-0.3, -0.25) is 0 Å². The Bertz CT molecular complexity index is 580. The molecule has 0 radical (unpaired) electrons. The van der Waals surface area contributed by atoms with Crippen LogP contribution in [0.3, 0.4) is 0 Å². The van der Waals surface area contributed by atoms with E-state index >= 15 is 0 Å². The van der Waals surface area contributed by atoms with E-state index in [0.717, 1.165) is 32.6 Å². The molecule has 6 heteroatoms. The highest BCUT2D eigenvalue weighted by Gasteiger charge is 2.16. The van der Waals surface area contributed by atoms with Gasteiger partial charge >= 0.3 is 0 Å². The van der Waals surface area contributed by atoms with Crippen molar-refractivity contribution in [3.05, 3.63) is 38.5 Å². The standard InChI is InChI=1S/C13H16Br2N4/c1-4-16-8(2)13-9(3)19(18-17-13)12-6-5-10(14)7-11(12)15/h5-8,16H,4H2,1-3H3. The van der Waals surface area contributed by atoms with Gasteiger partial charge in [-0.2, -0.15) is 0 Å². The summed E-state index contributed by atoms with van der Waals surface area (Å²) in [5.41, 5.74) is 3.02. The summed E-state index contributed by atoms with van der Waals surface area (Å²) in [5, 5.41) is 11.9. The Morgan fingerprint density at radius 3 is 2.74 bits per heavy atom. The van der Waals surface area contributed by atoms with Gasteiger partial charge in [0.05, 0.1) is 17.4 Å². The zero-order valence-electron chi connectivity index (χ0n) is 11.1. The maximum Gasteiger partial charge on any atom is 0.103 e. The first-order valence-electron chi connectivity index (χ1n) is 6.15. The molecule has 0 amide bonds. The first-order chi connectivity index (χ1) is 9.04. The molecule has 1 aromatic heterocycles. The Kier molecular flexibility index (Phi) is 4.76. The lowest BCUT2D eigenvalue weighted by Gasteiger charge is -2.11. The van der Waals surface area contributed by atoms with Gasteiger partial charge in [0.1, 0.15) is 5.69 Å². The van der Waals surface area contributed by atoms with Gasteiger partial charge in [-0.05, 0) is 54.5 Å². The second kappa shape index (κ2) is 6.15. The fraction of sp³-hybridized carbons (Fsp3) is 0.385. The molecule has 2 rings (SSSR count). The van der Waals surface area contributed by atoms with Gasteiger partial charge in [0, 0.05) is 8.95 Å². The van der Waals surface area contributed by atoms with Crippen molar-refractivity contribution < 1.29 is 0 Å². The van der Waals surface area contributed by atoms with E-state index in [1.165, 1.54) is 0 Å². The molecule has 102 valence electrons. The highest BCUT2D eigenvalue weighted by atomic mass is 79.9. The third-order valence-corrected chi connectivity index (χ3v) is 4.12. The first-order valence-corrected chi connectivity index (χ1v) is 7.74. The molecule has 0 bridgehead atoms. The summed E-state index contributed by atoms with van der Waals surface area (Å²) in [6, 6.07) is 6.21. The third kappa shape index (κ3) is 3.07. The lowest BCUT2D eigenvalue weighted by atomic mass is 10.2. The van der Waals surface area contributed by atoms with Crippen LogP contribution in [-0.2, 0) is 0 Å². The van der Waals surface area contributed by atoms with Crippen LogP contribution in [0.25, 0.3) is 5.69 Å². The Hall–Kier alpha value is -0.720. The van der Waals surface area contributed by atoms with Gasteiger partial charge in [0.25, 0.3) is 0 Å². The van der Waals surface area contributed by atoms with Crippen LogP contribution in [-0.4, -0.2) is 21.5 Å². The van der Waals surface area contributed by atoms with Crippen molar-refractivity contribution in [2.45, 2.75) is 26.8 Å². The summed E-state index contributed by atoms with van der Waals surface area (Å²) in [5.74, 6) is 0. The molecule has 1 N–H and O–H groups in total. The van der Waals surface area contributed by atoms with E-state index in [1.807, 2.05) is 29.8 Å². The van der Waals surface area contributed by atoms with Crippen LogP contribution >= 0.6 is 31.9 Å². The molecule has 1 heterocycles. The maximum atomic E-state index is 4.29. The smallest absolute Gasteiger partial charge is 0.103 e. The molecule has 19 heavy (non-hydrogen) atoms. The van der Waals surface area contributed by atoms with Crippen LogP contribution < -0.4 is 5.32 Å². The molecular formula is C13H16Br2N4. The van der Waals surface area contributed by atoms with Crippen LogP contribution in [0.1, 0.15) is 31.3 Å². The average Bonchev–Trinajstić information content (AvgIpc) is 2.72. The minimum Gasteiger partial charge on any atom is -0.309 e. The van der Waals surface area contributed by atoms with Crippen molar-refractivity contribution in [3.8, 4) is 5.69 Å². The van der Waals surface area contributed by atoms with Crippen LogP contribution in [0, 0.1) is 6.92 Å². The van der Waals surface area contributed by atoms with Gasteiger partial charge in [-0.1, -0.05) is 28.1 Å². The van der Waals surface area contributed by atoms with E-state index in [0.29, 0.717) is 0 Å². The second-order valence-corrected chi connectivity index (χ2v) is 6.12.